The molecule has 0 aromatic heterocycles. The van der Waals surface area contributed by atoms with Crippen LogP contribution in [0.2, 0.25) is 0 Å². The lowest BCUT2D eigenvalue weighted by atomic mass is 10.2. The van der Waals surface area contributed by atoms with Gasteiger partial charge in [0.1, 0.15) is 0 Å². The average Bonchev–Trinajstić information content (AvgIpc) is 2.81. The molecule has 1 aromatic rings. The Balaban J connectivity index is 0.000000686. The van der Waals surface area contributed by atoms with Gasteiger partial charge in [0.05, 0.1) is 6.33 Å². The van der Waals surface area contributed by atoms with Gasteiger partial charge < -0.3 is 10.6 Å². The zero-order chi connectivity index (χ0) is 12.7. The van der Waals surface area contributed by atoms with E-state index in [0.717, 1.165) is 13.0 Å². The van der Waals surface area contributed by atoms with E-state index in [1.807, 2.05) is 26.0 Å². The Morgan fingerprint density at radius 2 is 2.12 bits per heavy atom. The molecule has 1 aromatic carbocycles. The van der Waals surface area contributed by atoms with Gasteiger partial charge >= 0.3 is 0 Å². The van der Waals surface area contributed by atoms with Crippen LogP contribution in [0.5, 0.6) is 0 Å². The highest BCUT2D eigenvalue weighted by molar-refractivity contribution is 5.58. The van der Waals surface area contributed by atoms with Gasteiger partial charge in [-0.2, -0.15) is 0 Å². The van der Waals surface area contributed by atoms with Crippen molar-refractivity contribution in [1.82, 2.24) is 0 Å². The monoisotopic (exact) mass is 236 g/mol. The summed E-state index contributed by atoms with van der Waals surface area (Å²) in [4.78, 5) is 2.17. The number of benzene rings is 1. The van der Waals surface area contributed by atoms with Crippen molar-refractivity contribution in [2.75, 3.05) is 24.5 Å². The Kier molecular flexibility index (Phi) is 5.70. The van der Waals surface area contributed by atoms with Gasteiger partial charge in [-0.25, -0.2) is 4.39 Å². The van der Waals surface area contributed by atoms with Crippen LogP contribution in [0.1, 0.15) is 19.4 Å². The fourth-order valence-corrected chi connectivity index (χ4v) is 1.96. The summed E-state index contributed by atoms with van der Waals surface area (Å²) in [6, 6.07) is 8.25. The lowest BCUT2D eigenvalue weighted by Gasteiger charge is -2.19. The van der Waals surface area contributed by atoms with Crippen molar-refractivity contribution >= 4 is 5.69 Å². The minimum absolute atomic E-state index is 0.287. The molecule has 0 unspecified atom stereocenters. The number of para-hydroxylation sites is 1. The molecule has 0 spiro atoms. The second-order valence-electron chi connectivity index (χ2n) is 3.77. The smallest absolute Gasteiger partial charge is 0.0889 e. The molecule has 0 atom stereocenters. The quantitative estimate of drug-likeness (QED) is 0.874. The van der Waals surface area contributed by atoms with Gasteiger partial charge in [0, 0.05) is 25.3 Å². The van der Waals surface area contributed by atoms with Crippen LogP contribution in [0.3, 0.4) is 0 Å². The van der Waals surface area contributed by atoms with Gasteiger partial charge in [-0.1, -0.05) is 32.0 Å². The maximum absolute atomic E-state index is 12.4. The van der Waals surface area contributed by atoms with Gasteiger partial charge in [-0.15, -0.1) is 0 Å². The van der Waals surface area contributed by atoms with E-state index in [0.29, 0.717) is 18.4 Å². The fourth-order valence-electron chi connectivity index (χ4n) is 1.96. The third-order valence-electron chi connectivity index (χ3n) is 2.79. The first kappa shape index (κ1) is 13.7. The number of halogens is 1. The van der Waals surface area contributed by atoms with Crippen molar-refractivity contribution in [2.45, 2.75) is 20.3 Å². The highest BCUT2D eigenvalue weighted by atomic mass is 19.1. The number of anilines is 1. The highest BCUT2D eigenvalue weighted by Crippen LogP contribution is 2.27. The third kappa shape index (κ3) is 3.30. The second kappa shape index (κ2) is 7.07. The van der Waals surface area contributed by atoms with Crippen molar-refractivity contribution in [3.05, 3.63) is 41.7 Å². The molecule has 0 amide bonds. The van der Waals surface area contributed by atoms with Crippen LogP contribution in [0.4, 0.5) is 10.1 Å². The van der Waals surface area contributed by atoms with E-state index in [4.69, 9.17) is 5.73 Å². The van der Waals surface area contributed by atoms with E-state index in [1.165, 1.54) is 11.3 Å². The molecule has 94 valence electrons. The van der Waals surface area contributed by atoms with Crippen molar-refractivity contribution in [3.8, 4) is 0 Å². The molecule has 0 saturated carbocycles. The standard InChI is InChI=1S/C12H15FN2.C2H6/c13-7-10(8-14)9-15-6-5-11-3-1-2-4-12(11)15;1-2/h1-4,7H,5-6,8-9,14H2;1-2H3/b10-7+;. The van der Waals surface area contributed by atoms with Crippen molar-refractivity contribution < 1.29 is 4.39 Å². The zero-order valence-electron chi connectivity index (χ0n) is 10.6. The van der Waals surface area contributed by atoms with Gasteiger partial charge in [0.15, 0.2) is 0 Å². The van der Waals surface area contributed by atoms with Gasteiger partial charge in [-0.3, -0.25) is 0 Å². The first-order valence-electron chi connectivity index (χ1n) is 6.16. The molecule has 17 heavy (non-hydrogen) atoms. The minimum Gasteiger partial charge on any atom is -0.367 e. The molecule has 2 N–H and O–H groups in total. The molecular formula is C14H21FN2. The fraction of sp³-hybridized carbons (Fsp3) is 0.429. The van der Waals surface area contributed by atoms with Crippen LogP contribution in [0.25, 0.3) is 0 Å². The minimum atomic E-state index is 0.287. The molecule has 1 aliphatic heterocycles. The van der Waals surface area contributed by atoms with E-state index >= 15 is 0 Å². The van der Waals surface area contributed by atoms with Crippen molar-refractivity contribution in [3.63, 3.8) is 0 Å². The Labute approximate surface area is 103 Å². The number of rotatable bonds is 3. The lowest BCUT2D eigenvalue weighted by Crippen LogP contribution is -2.25. The summed E-state index contributed by atoms with van der Waals surface area (Å²) in [6.45, 7) is 5.84. The van der Waals surface area contributed by atoms with Crippen LogP contribution < -0.4 is 10.6 Å². The van der Waals surface area contributed by atoms with Crippen molar-refractivity contribution in [2.24, 2.45) is 5.73 Å². The lowest BCUT2D eigenvalue weighted by molar-refractivity contribution is 0.695. The van der Waals surface area contributed by atoms with Gasteiger partial charge in [0.2, 0.25) is 0 Å². The average molecular weight is 236 g/mol. The number of nitrogens with zero attached hydrogens (tertiary/aromatic N) is 1. The highest BCUT2D eigenvalue weighted by Gasteiger charge is 2.18. The summed E-state index contributed by atoms with van der Waals surface area (Å²) in [6.07, 6.45) is 1.67. The summed E-state index contributed by atoms with van der Waals surface area (Å²) in [5, 5.41) is 0. The summed E-state index contributed by atoms with van der Waals surface area (Å²) in [5.74, 6) is 0. The Bertz CT molecular complexity index is 374. The van der Waals surface area contributed by atoms with Crippen LogP contribution in [0.15, 0.2) is 36.2 Å². The van der Waals surface area contributed by atoms with E-state index < -0.39 is 0 Å². The Morgan fingerprint density at radius 1 is 1.41 bits per heavy atom. The third-order valence-corrected chi connectivity index (χ3v) is 2.79. The SMILES string of the molecule is CC.NC/C(=C\F)CN1CCc2ccccc21. The summed E-state index contributed by atoms with van der Waals surface area (Å²) < 4.78 is 12.4. The van der Waals surface area contributed by atoms with Crippen LogP contribution in [-0.4, -0.2) is 19.6 Å². The number of fused-ring (bicyclic) bond motifs is 1. The molecule has 0 aliphatic carbocycles. The van der Waals surface area contributed by atoms with Crippen LogP contribution in [0, 0.1) is 0 Å². The van der Waals surface area contributed by atoms with E-state index in [2.05, 4.69) is 17.0 Å². The molecule has 3 heteroatoms. The van der Waals surface area contributed by atoms with Crippen LogP contribution >= 0.6 is 0 Å². The number of nitrogens with two attached hydrogens (primary N) is 1. The first-order valence-corrected chi connectivity index (χ1v) is 6.16. The molecule has 1 heterocycles. The van der Waals surface area contributed by atoms with Gasteiger partial charge in [-0.05, 0) is 23.6 Å². The van der Waals surface area contributed by atoms with Gasteiger partial charge in [0.25, 0.3) is 0 Å². The van der Waals surface area contributed by atoms with E-state index in [9.17, 15) is 4.39 Å². The largest absolute Gasteiger partial charge is 0.367 e. The number of hydrogen-bond donors (Lipinski definition) is 1. The summed E-state index contributed by atoms with van der Waals surface area (Å²) >= 11 is 0. The maximum Gasteiger partial charge on any atom is 0.0889 e. The topological polar surface area (TPSA) is 29.3 Å². The summed E-state index contributed by atoms with van der Waals surface area (Å²) in [5.41, 5.74) is 8.65. The van der Waals surface area contributed by atoms with E-state index in [-0.39, 0.29) is 6.54 Å². The zero-order valence-corrected chi connectivity index (χ0v) is 10.6. The normalized spacial score (nSPS) is 14.1. The molecule has 2 rings (SSSR count). The molecule has 2 nitrogen and oxygen atoms in total. The first-order chi connectivity index (χ1) is 8.35. The Hall–Kier alpha value is -1.35. The van der Waals surface area contributed by atoms with E-state index in [1.54, 1.807) is 0 Å². The molecule has 0 saturated heterocycles. The molecular weight excluding hydrogens is 215 g/mol. The molecule has 0 radical (unpaired) electrons. The van der Waals surface area contributed by atoms with Crippen molar-refractivity contribution in [1.29, 1.82) is 0 Å². The summed E-state index contributed by atoms with van der Waals surface area (Å²) in [7, 11) is 0. The molecule has 0 fully saturated rings. The predicted octanol–water partition coefficient (Wildman–Crippen LogP) is 2.89. The maximum atomic E-state index is 12.4. The predicted molar refractivity (Wildman–Crippen MR) is 72.0 cm³/mol. The Morgan fingerprint density at radius 3 is 2.76 bits per heavy atom. The molecule has 0 bridgehead atoms. The molecule has 1 aliphatic rings. The van der Waals surface area contributed by atoms with Crippen LogP contribution in [-0.2, 0) is 6.42 Å². The second-order valence-corrected chi connectivity index (χ2v) is 3.77. The number of hydrogen-bond acceptors (Lipinski definition) is 2.